The molecule has 1 aromatic heterocycles. The summed E-state index contributed by atoms with van der Waals surface area (Å²) in [7, 11) is 0. The Hall–Kier alpha value is -1.88. The number of rotatable bonds is 6. The van der Waals surface area contributed by atoms with Crippen molar-refractivity contribution in [3.8, 4) is 0 Å². The number of hydrogen-bond donors (Lipinski definition) is 2. The molecule has 2 N–H and O–H groups in total. The number of hydrogen-bond acceptors (Lipinski definition) is 3. The van der Waals surface area contributed by atoms with Gasteiger partial charge < -0.3 is 10.6 Å². The Morgan fingerprint density at radius 2 is 1.95 bits per heavy atom. The molecule has 116 valence electrons. The maximum Gasteiger partial charge on any atom is 0.251 e. The second-order valence-corrected chi connectivity index (χ2v) is 6.42. The van der Waals surface area contributed by atoms with Crippen LogP contribution in [0.4, 0.5) is 11.5 Å². The van der Waals surface area contributed by atoms with Gasteiger partial charge in [0.25, 0.3) is 5.91 Å². The van der Waals surface area contributed by atoms with Crippen molar-refractivity contribution < 1.29 is 4.79 Å². The minimum atomic E-state index is -0.0677. The molecule has 1 amide bonds. The molecular formula is C17H20BrN3O. The van der Waals surface area contributed by atoms with Crippen molar-refractivity contribution in [1.29, 1.82) is 0 Å². The summed E-state index contributed by atoms with van der Waals surface area (Å²) in [6, 6.07) is 11.3. The second-order valence-electron chi connectivity index (χ2n) is 5.50. The van der Waals surface area contributed by atoms with Crippen LogP contribution in [0.25, 0.3) is 0 Å². The average Bonchev–Trinajstić information content (AvgIpc) is 2.49. The number of carbonyl (C=O) groups is 1. The number of benzene rings is 1. The fourth-order valence-electron chi connectivity index (χ4n) is 1.90. The topological polar surface area (TPSA) is 54.0 Å². The van der Waals surface area contributed by atoms with Crippen molar-refractivity contribution >= 4 is 33.3 Å². The van der Waals surface area contributed by atoms with Gasteiger partial charge >= 0.3 is 0 Å². The highest BCUT2D eigenvalue weighted by Crippen LogP contribution is 2.18. The third-order valence-electron chi connectivity index (χ3n) is 3.15. The van der Waals surface area contributed by atoms with E-state index in [4.69, 9.17) is 0 Å². The van der Waals surface area contributed by atoms with E-state index in [2.05, 4.69) is 45.4 Å². The smallest absolute Gasteiger partial charge is 0.251 e. The molecule has 1 aromatic carbocycles. The molecule has 0 bridgehead atoms. The number of carbonyl (C=O) groups excluding carboxylic acids is 1. The summed E-state index contributed by atoms with van der Waals surface area (Å²) in [5.74, 6) is 1.16. The number of pyridine rings is 1. The summed E-state index contributed by atoms with van der Waals surface area (Å²) in [6.07, 6.45) is 2.61. The van der Waals surface area contributed by atoms with Crippen molar-refractivity contribution in [1.82, 2.24) is 10.3 Å². The Kier molecular flexibility index (Phi) is 5.95. The quantitative estimate of drug-likeness (QED) is 0.803. The van der Waals surface area contributed by atoms with E-state index < -0.39 is 0 Å². The first-order valence-electron chi connectivity index (χ1n) is 7.31. The first-order valence-corrected chi connectivity index (χ1v) is 8.11. The minimum Gasteiger partial charge on any atom is -0.352 e. The second kappa shape index (κ2) is 7.94. The zero-order chi connectivity index (χ0) is 15.9. The van der Waals surface area contributed by atoms with E-state index in [1.807, 2.05) is 24.3 Å². The van der Waals surface area contributed by atoms with Crippen molar-refractivity contribution in [2.24, 2.45) is 5.92 Å². The SMILES string of the molecule is CC(C)CCNC(=O)c1ccnc(Nc2ccc(Br)cc2)c1. The van der Waals surface area contributed by atoms with Crippen LogP contribution >= 0.6 is 15.9 Å². The number of amides is 1. The molecule has 0 aliphatic heterocycles. The summed E-state index contributed by atoms with van der Waals surface area (Å²) >= 11 is 3.40. The minimum absolute atomic E-state index is 0.0677. The zero-order valence-corrected chi connectivity index (χ0v) is 14.4. The molecular weight excluding hydrogens is 342 g/mol. The fraction of sp³-hybridized carbons (Fsp3) is 0.294. The van der Waals surface area contributed by atoms with Crippen LogP contribution in [0.2, 0.25) is 0 Å². The Balaban J connectivity index is 2.00. The van der Waals surface area contributed by atoms with Gasteiger partial charge in [-0.2, -0.15) is 0 Å². The Morgan fingerprint density at radius 1 is 1.23 bits per heavy atom. The molecule has 0 unspecified atom stereocenters. The van der Waals surface area contributed by atoms with Gasteiger partial charge in [0.05, 0.1) is 0 Å². The van der Waals surface area contributed by atoms with E-state index in [0.717, 1.165) is 16.6 Å². The first-order chi connectivity index (χ1) is 10.5. The summed E-state index contributed by atoms with van der Waals surface area (Å²) in [5.41, 5.74) is 1.53. The van der Waals surface area contributed by atoms with E-state index in [9.17, 15) is 4.79 Å². The van der Waals surface area contributed by atoms with E-state index >= 15 is 0 Å². The van der Waals surface area contributed by atoms with Gasteiger partial charge in [-0.25, -0.2) is 4.98 Å². The summed E-state index contributed by atoms with van der Waals surface area (Å²) in [6.45, 7) is 4.96. The maximum absolute atomic E-state index is 12.1. The third kappa shape index (κ3) is 5.15. The number of nitrogens with one attached hydrogen (secondary N) is 2. The van der Waals surface area contributed by atoms with Crippen LogP contribution in [0, 0.1) is 5.92 Å². The fourth-order valence-corrected chi connectivity index (χ4v) is 2.16. The van der Waals surface area contributed by atoms with Crippen LogP contribution in [0.3, 0.4) is 0 Å². The number of nitrogens with zero attached hydrogens (tertiary/aromatic N) is 1. The van der Waals surface area contributed by atoms with Crippen LogP contribution in [0.15, 0.2) is 47.1 Å². The van der Waals surface area contributed by atoms with E-state index in [0.29, 0.717) is 23.8 Å². The lowest BCUT2D eigenvalue weighted by atomic mass is 10.1. The van der Waals surface area contributed by atoms with E-state index in [-0.39, 0.29) is 5.91 Å². The standard InChI is InChI=1S/C17H20BrN3O/c1-12(2)7-9-20-17(22)13-8-10-19-16(11-13)21-15-5-3-14(18)4-6-15/h3-6,8,10-12H,7,9H2,1-2H3,(H,19,21)(H,20,22). The molecule has 22 heavy (non-hydrogen) atoms. The normalized spacial score (nSPS) is 10.5. The van der Waals surface area contributed by atoms with Crippen molar-refractivity contribution in [2.45, 2.75) is 20.3 Å². The largest absolute Gasteiger partial charge is 0.352 e. The Bertz CT molecular complexity index is 626. The lowest BCUT2D eigenvalue weighted by Gasteiger charge is -2.09. The van der Waals surface area contributed by atoms with Crippen LogP contribution in [0.5, 0.6) is 0 Å². The van der Waals surface area contributed by atoms with Gasteiger partial charge in [-0.3, -0.25) is 4.79 Å². The Labute approximate surface area is 139 Å². The third-order valence-corrected chi connectivity index (χ3v) is 3.67. The van der Waals surface area contributed by atoms with Crippen LogP contribution in [-0.2, 0) is 0 Å². The molecule has 2 aromatic rings. The molecule has 0 aliphatic rings. The van der Waals surface area contributed by atoms with E-state index in [1.165, 1.54) is 0 Å². The number of anilines is 2. The number of halogens is 1. The lowest BCUT2D eigenvalue weighted by molar-refractivity contribution is 0.0952. The highest BCUT2D eigenvalue weighted by Gasteiger charge is 2.07. The van der Waals surface area contributed by atoms with Crippen LogP contribution in [0.1, 0.15) is 30.6 Å². The van der Waals surface area contributed by atoms with Crippen LogP contribution in [-0.4, -0.2) is 17.4 Å². The molecule has 4 nitrogen and oxygen atoms in total. The van der Waals surface area contributed by atoms with Crippen molar-refractivity contribution in [3.05, 3.63) is 52.6 Å². The zero-order valence-electron chi connectivity index (χ0n) is 12.8. The predicted octanol–water partition coefficient (Wildman–Crippen LogP) is 4.36. The Morgan fingerprint density at radius 3 is 2.64 bits per heavy atom. The summed E-state index contributed by atoms with van der Waals surface area (Å²) in [4.78, 5) is 16.3. The van der Waals surface area contributed by atoms with Gasteiger partial charge in [0.2, 0.25) is 0 Å². The van der Waals surface area contributed by atoms with Crippen molar-refractivity contribution in [3.63, 3.8) is 0 Å². The van der Waals surface area contributed by atoms with E-state index in [1.54, 1.807) is 18.3 Å². The monoisotopic (exact) mass is 361 g/mol. The van der Waals surface area contributed by atoms with Gasteiger partial charge in [-0.05, 0) is 48.7 Å². The summed E-state index contributed by atoms with van der Waals surface area (Å²) < 4.78 is 1.02. The maximum atomic E-state index is 12.1. The molecule has 0 radical (unpaired) electrons. The number of aromatic nitrogens is 1. The van der Waals surface area contributed by atoms with Gasteiger partial charge in [-0.15, -0.1) is 0 Å². The molecule has 2 rings (SSSR count). The molecule has 0 spiro atoms. The molecule has 5 heteroatoms. The summed E-state index contributed by atoms with van der Waals surface area (Å²) in [5, 5.41) is 6.12. The van der Waals surface area contributed by atoms with Gasteiger partial charge in [0.1, 0.15) is 5.82 Å². The van der Waals surface area contributed by atoms with Gasteiger partial charge in [-0.1, -0.05) is 29.8 Å². The molecule has 0 aliphatic carbocycles. The molecule has 0 atom stereocenters. The van der Waals surface area contributed by atoms with Gasteiger partial charge in [0, 0.05) is 28.5 Å². The lowest BCUT2D eigenvalue weighted by Crippen LogP contribution is -2.25. The average molecular weight is 362 g/mol. The molecule has 1 heterocycles. The predicted molar refractivity (Wildman–Crippen MR) is 93.4 cm³/mol. The highest BCUT2D eigenvalue weighted by atomic mass is 79.9. The van der Waals surface area contributed by atoms with Crippen LogP contribution < -0.4 is 10.6 Å². The van der Waals surface area contributed by atoms with Crippen molar-refractivity contribution in [2.75, 3.05) is 11.9 Å². The first kappa shape index (κ1) is 16.5. The van der Waals surface area contributed by atoms with Gasteiger partial charge in [0.15, 0.2) is 0 Å². The molecule has 0 fully saturated rings. The molecule has 0 saturated heterocycles. The highest BCUT2D eigenvalue weighted by molar-refractivity contribution is 9.10. The molecule has 0 saturated carbocycles.